The van der Waals surface area contributed by atoms with Gasteiger partial charge in [0.25, 0.3) is 12.2 Å². The smallest absolute Gasteiger partial charge is 0.292 e. The van der Waals surface area contributed by atoms with Gasteiger partial charge in [0.2, 0.25) is 11.8 Å². The molecule has 1 fully saturated rings. The summed E-state index contributed by atoms with van der Waals surface area (Å²) in [7, 11) is 0. The van der Waals surface area contributed by atoms with Gasteiger partial charge in [0.05, 0.1) is 0 Å². The predicted octanol–water partition coefficient (Wildman–Crippen LogP) is 0.307. The third-order valence-corrected chi connectivity index (χ3v) is 3.66. The first-order valence-electron chi connectivity index (χ1n) is 6.43. The van der Waals surface area contributed by atoms with Crippen LogP contribution in [0, 0.1) is 11.5 Å². The summed E-state index contributed by atoms with van der Waals surface area (Å²) in [5, 5.41) is 10.7. The lowest BCUT2D eigenvalue weighted by Gasteiger charge is -2.29. The first-order valence-corrected chi connectivity index (χ1v) is 6.43. The number of fused-ring (bicyclic) bond motifs is 1. The van der Waals surface area contributed by atoms with Crippen molar-refractivity contribution in [1.82, 2.24) is 10.2 Å². The van der Waals surface area contributed by atoms with E-state index in [1.165, 1.54) is 11.0 Å². The van der Waals surface area contributed by atoms with Crippen LogP contribution >= 0.6 is 0 Å². The molecule has 21 heavy (non-hydrogen) atoms. The van der Waals surface area contributed by atoms with Crippen LogP contribution < -0.4 is 10.1 Å². The number of nitrogens with one attached hydrogen (secondary N) is 1. The number of hydrogen-bond donors (Lipinski definition) is 1. The van der Waals surface area contributed by atoms with Crippen LogP contribution in [-0.4, -0.2) is 28.7 Å². The van der Waals surface area contributed by atoms with E-state index in [-0.39, 0.29) is 24.8 Å². The summed E-state index contributed by atoms with van der Waals surface area (Å²) in [6, 6.07) is 4.09. The summed E-state index contributed by atoms with van der Waals surface area (Å²) in [4.78, 5) is 36.8. The van der Waals surface area contributed by atoms with Crippen molar-refractivity contribution in [3.05, 3.63) is 29.3 Å². The molecule has 3 rings (SSSR count). The molecule has 0 aliphatic carbocycles. The summed E-state index contributed by atoms with van der Waals surface area (Å²) in [5.41, 5.74) is 1.20. The Labute approximate surface area is 120 Å². The maximum absolute atomic E-state index is 12.3. The zero-order chi connectivity index (χ0) is 15.0. The molecule has 1 saturated heterocycles. The van der Waals surface area contributed by atoms with E-state index < -0.39 is 11.9 Å². The van der Waals surface area contributed by atoms with E-state index >= 15 is 0 Å². The molecule has 0 aromatic heterocycles. The first-order chi connectivity index (χ1) is 10.1. The van der Waals surface area contributed by atoms with E-state index in [0.717, 1.165) is 0 Å². The highest BCUT2D eigenvalue weighted by atomic mass is 16.5. The minimum atomic E-state index is -0.636. The molecule has 0 bridgehead atoms. The van der Waals surface area contributed by atoms with Gasteiger partial charge < -0.3 is 9.64 Å². The Morgan fingerprint density at radius 1 is 1.33 bits per heavy atom. The molecule has 1 aromatic rings. The van der Waals surface area contributed by atoms with E-state index in [2.05, 4.69) is 5.32 Å². The highest BCUT2D eigenvalue weighted by molar-refractivity contribution is 6.05. The summed E-state index contributed by atoms with van der Waals surface area (Å²) < 4.78 is 4.73. The molecule has 7 heteroatoms. The number of hydrogen-bond acceptors (Lipinski definition) is 5. The summed E-state index contributed by atoms with van der Waals surface area (Å²) >= 11 is 0. The van der Waals surface area contributed by atoms with Crippen LogP contribution in [0.25, 0.3) is 0 Å². The van der Waals surface area contributed by atoms with E-state index in [1.54, 1.807) is 18.4 Å². The van der Waals surface area contributed by atoms with E-state index in [4.69, 9.17) is 10.00 Å². The summed E-state index contributed by atoms with van der Waals surface area (Å²) in [5.74, 6) is -0.650. The molecule has 0 radical (unpaired) electrons. The molecule has 0 spiro atoms. The second kappa shape index (κ2) is 4.90. The number of rotatable bonds is 2. The van der Waals surface area contributed by atoms with Gasteiger partial charge in [-0.25, -0.2) is 0 Å². The summed E-state index contributed by atoms with van der Waals surface area (Å²) in [6.07, 6.45) is 2.12. The van der Waals surface area contributed by atoms with Gasteiger partial charge in [-0.05, 0) is 30.2 Å². The van der Waals surface area contributed by atoms with Gasteiger partial charge in [0.1, 0.15) is 11.8 Å². The molecule has 1 unspecified atom stereocenters. The van der Waals surface area contributed by atoms with Gasteiger partial charge in [-0.1, -0.05) is 0 Å². The van der Waals surface area contributed by atoms with Crippen molar-refractivity contribution in [1.29, 1.82) is 5.26 Å². The minimum absolute atomic E-state index is 0.222. The number of benzene rings is 1. The second-order valence-corrected chi connectivity index (χ2v) is 4.91. The normalized spacial score (nSPS) is 20.8. The van der Waals surface area contributed by atoms with Gasteiger partial charge in [0, 0.05) is 18.5 Å². The number of nitriles is 1. The van der Waals surface area contributed by atoms with Crippen molar-refractivity contribution >= 4 is 17.7 Å². The van der Waals surface area contributed by atoms with Crippen LogP contribution in [0.1, 0.15) is 28.8 Å². The Hall–Kier alpha value is -2.88. The Morgan fingerprint density at radius 2 is 2.14 bits per heavy atom. The highest BCUT2D eigenvalue weighted by Gasteiger charge is 2.39. The van der Waals surface area contributed by atoms with Gasteiger partial charge in [0.15, 0.2) is 0 Å². The van der Waals surface area contributed by atoms with Crippen molar-refractivity contribution in [2.75, 3.05) is 0 Å². The molecule has 3 amide bonds. The number of carbonyl (C=O) groups is 3. The van der Waals surface area contributed by atoms with Crippen molar-refractivity contribution in [3.63, 3.8) is 0 Å². The minimum Gasteiger partial charge on any atom is -0.388 e. The lowest BCUT2D eigenvalue weighted by atomic mass is 10.0. The predicted molar refractivity (Wildman–Crippen MR) is 68.7 cm³/mol. The number of imide groups is 1. The molecular weight excluding hydrogens is 274 g/mol. The molecule has 106 valence electrons. The second-order valence-electron chi connectivity index (χ2n) is 4.91. The molecule has 7 nitrogen and oxygen atoms in total. The Kier molecular flexibility index (Phi) is 3.06. The fourth-order valence-corrected chi connectivity index (χ4v) is 2.67. The van der Waals surface area contributed by atoms with E-state index in [9.17, 15) is 14.4 Å². The zero-order valence-corrected chi connectivity index (χ0v) is 11.0. The Balaban J connectivity index is 1.85. The van der Waals surface area contributed by atoms with Gasteiger partial charge >= 0.3 is 0 Å². The topological polar surface area (TPSA) is 99.5 Å². The molecular formula is C14H11N3O4. The summed E-state index contributed by atoms with van der Waals surface area (Å²) in [6.45, 7) is 0.267. The number of nitrogens with zero attached hydrogens (tertiary/aromatic N) is 2. The Morgan fingerprint density at radius 3 is 2.86 bits per heavy atom. The van der Waals surface area contributed by atoms with Crippen molar-refractivity contribution in [3.8, 4) is 12.0 Å². The lowest BCUT2D eigenvalue weighted by Crippen LogP contribution is -2.52. The number of piperidine rings is 1. The maximum Gasteiger partial charge on any atom is 0.292 e. The van der Waals surface area contributed by atoms with E-state index in [1.807, 2.05) is 0 Å². The number of amides is 3. The van der Waals surface area contributed by atoms with Crippen LogP contribution in [0.5, 0.6) is 5.75 Å². The Bertz CT molecular complexity index is 692. The van der Waals surface area contributed by atoms with Crippen molar-refractivity contribution in [2.45, 2.75) is 25.4 Å². The largest absolute Gasteiger partial charge is 0.388 e. The monoisotopic (exact) mass is 285 g/mol. The number of carbonyl (C=O) groups excluding carboxylic acids is 3. The van der Waals surface area contributed by atoms with Crippen molar-refractivity contribution < 1.29 is 19.1 Å². The third kappa shape index (κ3) is 2.21. The number of ether oxygens (including phenoxy) is 1. The van der Waals surface area contributed by atoms with Crippen LogP contribution in [0.4, 0.5) is 0 Å². The fourth-order valence-electron chi connectivity index (χ4n) is 2.67. The third-order valence-electron chi connectivity index (χ3n) is 3.66. The van der Waals surface area contributed by atoms with Crippen molar-refractivity contribution in [2.24, 2.45) is 0 Å². The average Bonchev–Trinajstić information content (AvgIpc) is 2.76. The molecule has 2 heterocycles. The molecule has 1 N–H and O–H groups in total. The standard InChI is InChI=1S/C14H11N3O4/c15-7-21-9-1-2-10-8(5-9)6-17(14(10)20)11-3-4-12(18)16-13(11)19/h1-2,5,11H,3-4,6H2,(H,16,18,19). The average molecular weight is 285 g/mol. The van der Waals surface area contributed by atoms with Gasteiger partial charge in [-0.3, -0.25) is 19.7 Å². The highest BCUT2D eigenvalue weighted by Crippen LogP contribution is 2.29. The molecule has 1 aromatic carbocycles. The molecule has 0 saturated carbocycles. The molecule has 2 aliphatic heterocycles. The first kappa shape index (κ1) is 13.1. The van der Waals surface area contributed by atoms with Gasteiger partial charge in [-0.2, -0.15) is 0 Å². The SMILES string of the molecule is N#COc1ccc2c(c1)CN(C1CCC(=O)NC1=O)C2=O. The maximum atomic E-state index is 12.3. The van der Waals surface area contributed by atoms with Crippen LogP contribution in [0.15, 0.2) is 18.2 Å². The zero-order valence-electron chi connectivity index (χ0n) is 11.0. The van der Waals surface area contributed by atoms with E-state index in [0.29, 0.717) is 23.3 Å². The van der Waals surface area contributed by atoms with Crippen LogP contribution in [-0.2, 0) is 16.1 Å². The molecule has 2 aliphatic rings. The fraction of sp³-hybridized carbons (Fsp3) is 0.286. The quantitative estimate of drug-likeness (QED) is 0.622. The lowest BCUT2D eigenvalue weighted by molar-refractivity contribution is -0.136. The van der Waals surface area contributed by atoms with Crippen LogP contribution in [0.2, 0.25) is 0 Å². The van der Waals surface area contributed by atoms with Crippen LogP contribution in [0.3, 0.4) is 0 Å². The molecule has 1 atom stereocenters. The van der Waals surface area contributed by atoms with Gasteiger partial charge in [-0.15, -0.1) is 5.26 Å².